The predicted molar refractivity (Wildman–Crippen MR) is 64.1 cm³/mol. The zero-order valence-corrected chi connectivity index (χ0v) is 10.5. The first-order valence-corrected chi connectivity index (χ1v) is 5.53. The van der Waals surface area contributed by atoms with Crippen LogP contribution in [0.2, 0.25) is 0 Å². The minimum atomic E-state index is -0.0169. The molecule has 0 atom stereocenters. The number of hydrogen-bond donors (Lipinski definition) is 0. The van der Waals surface area contributed by atoms with Gasteiger partial charge in [0.25, 0.3) is 0 Å². The first-order valence-electron chi connectivity index (χ1n) is 5.00. The van der Waals surface area contributed by atoms with Crippen molar-refractivity contribution in [3.63, 3.8) is 0 Å². The molecule has 84 valence electrons. The highest BCUT2D eigenvalue weighted by molar-refractivity contribution is 6.17. The van der Waals surface area contributed by atoms with Crippen LogP contribution in [0.5, 0.6) is 5.75 Å². The third-order valence-electron chi connectivity index (χ3n) is 2.24. The topological polar surface area (TPSA) is 12.5 Å². The van der Waals surface area contributed by atoms with Crippen molar-refractivity contribution in [3.05, 3.63) is 29.8 Å². The van der Waals surface area contributed by atoms with Gasteiger partial charge in [0, 0.05) is 18.5 Å². The minimum Gasteiger partial charge on any atom is -0.406 e. The third-order valence-corrected chi connectivity index (χ3v) is 2.55. The molecule has 0 aliphatic carbocycles. The van der Waals surface area contributed by atoms with Crippen LogP contribution in [0, 0.1) is 0 Å². The smallest absolute Gasteiger partial charge is 0.147 e. The predicted octanol–water partition coefficient (Wildman–Crippen LogP) is 3.45. The molecule has 3 heteroatoms. The lowest BCUT2D eigenvalue weighted by atomic mass is 10.1. The molecule has 1 aromatic carbocycles. The number of nitrogens with zero attached hydrogens (tertiary/aromatic N) is 1. The molecule has 0 spiro atoms. The Kier molecular flexibility index (Phi) is 4.00. The average Bonchev–Trinajstić information content (AvgIpc) is 2.16. The summed E-state index contributed by atoms with van der Waals surface area (Å²) in [5, 5.41) is 1.83. The van der Waals surface area contributed by atoms with Crippen LogP contribution in [0.15, 0.2) is 24.3 Å². The molecule has 0 bridgehead atoms. The second-order valence-electron chi connectivity index (χ2n) is 4.54. The van der Waals surface area contributed by atoms with Crippen molar-refractivity contribution in [1.29, 1.82) is 0 Å². The van der Waals surface area contributed by atoms with E-state index in [9.17, 15) is 0 Å². The lowest BCUT2D eigenvalue weighted by molar-refractivity contribution is -0.102. The van der Waals surface area contributed by atoms with Gasteiger partial charge in [-0.2, -0.15) is 0 Å². The number of benzene rings is 1. The van der Waals surface area contributed by atoms with Crippen LogP contribution in [-0.2, 0) is 5.88 Å². The Morgan fingerprint density at radius 1 is 1.33 bits per heavy atom. The Balaban J connectivity index is 2.72. The largest absolute Gasteiger partial charge is 0.406 e. The number of rotatable bonds is 3. The molecule has 0 aliphatic rings. The van der Waals surface area contributed by atoms with Crippen LogP contribution in [0.25, 0.3) is 0 Å². The van der Waals surface area contributed by atoms with Crippen molar-refractivity contribution in [3.8, 4) is 5.75 Å². The van der Waals surface area contributed by atoms with Crippen LogP contribution in [0.3, 0.4) is 0 Å². The van der Waals surface area contributed by atoms with E-state index in [2.05, 4.69) is 20.8 Å². The minimum absolute atomic E-state index is 0.0169. The van der Waals surface area contributed by atoms with Gasteiger partial charge in [0.05, 0.1) is 0 Å². The molecular formula is C12H18ClNO. The van der Waals surface area contributed by atoms with E-state index in [-0.39, 0.29) is 5.54 Å². The molecule has 0 unspecified atom stereocenters. The summed E-state index contributed by atoms with van der Waals surface area (Å²) in [7, 11) is 1.92. The van der Waals surface area contributed by atoms with Crippen LogP contribution < -0.4 is 4.84 Å². The molecule has 0 radical (unpaired) electrons. The van der Waals surface area contributed by atoms with Gasteiger partial charge in [0.15, 0.2) is 0 Å². The van der Waals surface area contributed by atoms with Gasteiger partial charge in [-0.25, -0.2) is 0 Å². The molecule has 0 amide bonds. The summed E-state index contributed by atoms with van der Waals surface area (Å²) in [6.45, 7) is 6.29. The van der Waals surface area contributed by atoms with Crippen molar-refractivity contribution < 1.29 is 4.84 Å². The maximum atomic E-state index is 5.76. The molecule has 0 aliphatic heterocycles. The Bertz CT molecular complexity index is 320. The van der Waals surface area contributed by atoms with Crippen molar-refractivity contribution in [1.82, 2.24) is 5.06 Å². The number of hydroxylamine groups is 2. The van der Waals surface area contributed by atoms with Crippen LogP contribution >= 0.6 is 11.6 Å². The van der Waals surface area contributed by atoms with Crippen LogP contribution in [-0.4, -0.2) is 17.6 Å². The molecule has 0 fully saturated rings. The third kappa shape index (κ3) is 3.73. The SMILES string of the molecule is CN(Oc1cccc(CCl)c1)C(C)(C)C. The maximum absolute atomic E-state index is 5.76. The van der Waals surface area contributed by atoms with E-state index in [0.29, 0.717) is 5.88 Å². The Labute approximate surface area is 96.8 Å². The van der Waals surface area contributed by atoms with E-state index < -0.39 is 0 Å². The van der Waals surface area contributed by atoms with E-state index in [4.69, 9.17) is 16.4 Å². The lowest BCUT2D eigenvalue weighted by Gasteiger charge is -2.30. The number of hydrogen-bond acceptors (Lipinski definition) is 2. The van der Waals surface area contributed by atoms with E-state index in [1.807, 2.05) is 36.4 Å². The van der Waals surface area contributed by atoms with Gasteiger partial charge in [0.2, 0.25) is 0 Å². The summed E-state index contributed by atoms with van der Waals surface area (Å²) in [4.78, 5) is 5.70. The fourth-order valence-electron chi connectivity index (χ4n) is 0.980. The summed E-state index contributed by atoms with van der Waals surface area (Å²) in [6.07, 6.45) is 0. The molecule has 0 aromatic heterocycles. The van der Waals surface area contributed by atoms with Crippen molar-refractivity contribution in [2.75, 3.05) is 7.05 Å². The van der Waals surface area contributed by atoms with Gasteiger partial charge in [0.1, 0.15) is 5.75 Å². The molecule has 0 heterocycles. The summed E-state index contributed by atoms with van der Waals surface area (Å²) >= 11 is 5.76. The summed E-state index contributed by atoms with van der Waals surface area (Å²) in [5.41, 5.74) is 1.05. The Morgan fingerprint density at radius 2 is 2.00 bits per heavy atom. The quantitative estimate of drug-likeness (QED) is 0.579. The van der Waals surface area contributed by atoms with Gasteiger partial charge < -0.3 is 4.84 Å². The highest BCUT2D eigenvalue weighted by Crippen LogP contribution is 2.19. The van der Waals surface area contributed by atoms with Crippen molar-refractivity contribution >= 4 is 11.6 Å². The molecule has 1 aromatic rings. The Hall–Kier alpha value is -0.730. The van der Waals surface area contributed by atoms with Crippen LogP contribution in [0.4, 0.5) is 0 Å². The zero-order valence-electron chi connectivity index (χ0n) is 9.75. The maximum Gasteiger partial charge on any atom is 0.147 e. The standard InChI is InChI=1S/C12H18ClNO/c1-12(2,3)14(4)15-11-7-5-6-10(8-11)9-13/h5-8H,9H2,1-4H3. The molecule has 0 N–H and O–H groups in total. The summed E-state index contributed by atoms with van der Waals surface area (Å²) in [6, 6.07) is 7.81. The molecule has 2 nitrogen and oxygen atoms in total. The lowest BCUT2D eigenvalue weighted by Crippen LogP contribution is -2.40. The zero-order chi connectivity index (χ0) is 11.5. The van der Waals surface area contributed by atoms with Gasteiger partial charge in [-0.15, -0.1) is 16.7 Å². The second-order valence-corrected chi connectivity index (χ2v) is 4.81. The monoisotopic (exact) mass is 227 g/mol. The van der Waals surface area contributed by atoms with E-state index in [0.717, 1.165) is 11.3 Å². The fraction of sp³-hybridized carbons (Fsp3) is 0.500. The molecule has 1 rings (SSSR count). The first kappa shape index (κ1) is 12.3. The van der Waals surface area contributed by atoms with E-state index in [1.165, 1.54) is 0 Å². The Morgan fingerprint density at radius 3 is 2.53 bits per heavy atom. The summed E-state index contributed by atoms with van der Waals surface area (Å²) in [5.74, 6) is 1.33. The molecule has 0 saturated carbocycles. The molecular weight excluding hydrogens is 210 g/mol. The highest BCUT2D eigenvalue weighted by atomic mass is 35.5. The van der Waals surface area contributed by atoms with E-state index >= 15 is 0 Å². The fourth-order valence-corrected chi connectivity index (χ4v) is 1.15. The second kappa shape index (κ2) is 4.86. The van der Waals surface area contributed by atoms with Gasteiger partial charge >= 0.3 is 0 Å². The van der Waals surface area contributed by atoms with Crippen molar-refractivity contribution in [2.24, 2.45) is 0 Å². The van der Waals surface area contributed by atoms with Gasteiger partial charge in [-0.1, -0.05) is 12.1 Å². The van der Waals surface area contributed by atoms with Crippen LogP contribution in [0.1, 0.15) is 26.3 Å². The number of alkyl halides is 1. The van der Waals surface area contributed by atoms with E-state index in [1.54, 1.807) is 0 Å². The molecule has 0 saturated heterocycles. The molecule has 15 heavy (non-hydrogen) atoms. The van der Waals surface area contributed by atoms with Crippen molar-refractivity contribution in [2.45, 2.75) is 32.2 Å². The van der Waals surface area contributed by atoms with Gasteiger partial charge in [-0.05, 0) is 38.5 Å². The first-order chi connectivity index (χ1) is 6.93. The average molecular weight is 228 g/mol. The number of halogens is 1. The normalized spacial score (nSPS) is 11.9. The van der Waals surface area contributed by atoms with Gasteiger partial charge in [-0.3, -0.25) is 0 Å². The summed E-state index contributed by atoms with van der Waals surface area (Å²) < 4.78 is 0. The highest BCUT2D eigenvalue weighted by Gasteiger charge is 2.18.